The SMILES string of the molecule is CCCCCCCCCCCCCCCCCC(=O)[O-].CCCCCCCCCCCCCCCCCC(=O)[O-].CCCCCCCCCCCCCCCCCC(=O)[O-].CCCCCCCCCCCCCCCCCC(=O)[O-].[Hf+4]. The zero-order valence-corrected chi connectivity index (χ0v) is 58.6. The zero-order valence-electron chi connectivity index (χ0n) is 55.0. The fourth-order valence-electron chi connectivity index (χ4n) is 10.6. The van der Waals surface area contributed by atoms with Crippen molar-refractivity contribution in [3.8, 4) is 0 Å². The molecule has 81 heavy (non-hydrogen) atoms. The maximum absolute atomic E-state index is 10.2. The van der Waals surface area contributed by atoms with Crippen LogP contribution in [0.15, 0.2) is 0 Å². The number of rotatable bonds is 64. The van der Waals surface area contributed by atoms with Crippen molar-refractivity contribution in [1.82, 2.24) is 0 Å². The second kappa shape index (κ2) is 85.2. The van der Waals surface area contributed by atoms with E-state index < -0.39 is 23.9 Å². The Morgan fingerprint density at radius 2 is 0.235 bits per heavy atom. The molecule has 0 N–H and O–H groups in total. The molecule has 0 unspecified atom stereocenters. The number of carbonyl (C=O) groups is 4. The van der Waals surface area contributed by atoms with E-state index in [2.05, 4.69) is 27.7 Å². The molecule has 0 aromatic carbocycles. The van der Waals surface area contributed by atoms with E-state index in [4.69, 9.17) is 0 Å². The van der Waals surface area contributed by atoms with Gasteiger partial charge in [-0.3, -0.25) is 0 Å². The molecule has 0 fully saturated rings. The molecule has 0 aliphatic rings. The van der Waals surface area contributed by atoms with Crippen molar-refractivity contribution in [2.45, 2.75) is 439 Å². The molecule has 0 bridgehead atoms. The second-order valence-corrected chi connectivity index (χ2v) is 24.3. The van der Waals surface area contributed by atoms with Gasteiger partial charge in [-0.25, -0.2) is 0 Å². The molecule has 0 aliphatic carbocycles. The normalized spacial score (nSPS) is 10.7. The summed E-state index contributed by atoms with van der Waals surface area (Å²) in [6.45, 7) is 9.07. The molecule has 0 rings (SSSR count). The Hall–Kier alpha value is -1.25. The van der Waals surface area contributed by atoms with Crippen LogP contribution in [0.2, 0.25) is 0 Å². The van der Waals surface area contributed by atoms with E-state index in [1.54, 1.807) is 0 Å². The van der Waals surface area contributed by atoms with Crippen LogP contribution in [0.25, 0.3) is 0 Å². The van der Waals surface area contributed by atoms with E-state index in [1.807, 2.05) is 0 Å². The van der Waals surface area contributed by atoms with E-state index in [-0.39, 0.29) is 51.5 Å². The van der Waals surface area contributed by atoms with Crippen molar-refractivity contribution in [3.05, 3.63) is 0 Å². The van der Waals surface area contributed by atoms with Gasteiger partial charge in [0, 0.05) is 23.9 Å². The number of hydrogen-bond donors (Lipinski definition) is 0. The van der Waals surface area contributed by atoms with Gasteiger partial charge in [0.25, 0.3) is 0 Å². The van der Waals surface area contributed by atoms with Crippen molar-refractivity contribution in [3.63, 3.8) is 0 Å². The fourth-order valence-corrected chi connectivity index (χ4v) is 10.6. The number of hydrogen-bond acceptors (Lipinski definition) is 8. The summed E-state index contributed by atoms with van der Waals surface area (Å²) >= 11 is 0. The topological polar surface area (TPSA) is 161 Å². The van der Waals surface area contributed by atoms with Gasteiger partial charge in [0.1, 0.15) is 0 Å². The summed E-state index contributed by atoms with van der Waals surface area (Å²) in [4.78, 5) is 40.9. The Morgan fingerprint density at radius 3 is 0.309 bits per heavy atom. The van der Waals surface area contributed by atoms with Gasteiger partial charge in [0.05, 0.1) is 0 Å². The molecule has 9 heteroatoms. The Labute approximate surface area is 524 Å². The van der Waals surface area contributed by atoms with Crippen molar-refractivity contribution in [2.75, 3.05) is 0 Å². The van der Waals surface area contributed by atoms with Crippen molar-refractivity contribution >= 4 is 23.9 Å². The standard InChI is InChI=1S/4C18H36O2.Hf/c4*1-2-3-4-5-6-7-8-9-10-11-12-13-14-15-16-17-18(19)20;/h4*2-17H2,1H3,(H,19,20);/q;;;;+4/p-4. The predicted octanol–water partition coefficient (Wildman–Crippen LogP) is 20.0. The largest absolute Gasteiger partial charge is 4.00 e. The van der Waals surface area contributed by atoms with Gasteiger partial charge in [-0.15, -0.1) is 0 Å². The maximum atomic E-state index is 10.2. The summed E-state index contributed by atoms with van der Waals surface area (Å²) in [6, 6.07) is 0. The van der Waals surface area contributed by atoms with E-state index in [9.17, 15) is 39.6 Å². The average molecular weight is 1310 g/mol. The number of carboxylic acids is 4. The van der Waals surface area contributed by atoms with Crippen LogP contribution in [-0.2, 0) is 45.0 Å². The minimum Gasteiger partial charge on any atom is -0.550 e. The van der Waals surface area contributed by atoms with Gasteiger partial charge in [-0.2, -0.15) is 0 Å². The van der Waals surface area contributed by atoms with Crippen LogP contribution in [0.4, 0.5) is 0 Å². The van der Waals surface area contributed by atoms with E-state index in [0.717, 1.165) is 51.4 Å². The Morgan fingerprint density at radius 1 is 0.160 bits per heavy atom. The fraction of sp³-hybridized carbons (Fsp3) is 0.944. The first-order chi connectivity index (χ1) is 39.1. The van der Waals surface area contributed by atoms with Gasteiger partial charge in [0.2, 0.25) is 0 Å². The third-order valence-electron chi connectivity index (χ3n) is 15.9. The molecule has 0 aromatic heterocycles. The Bertz CT molecular complexity index is 990. The van der Waals surface area contributed by atoms with Gasteiger partial charge < -0.3 is 39.6 Å². The van der Waals surface area contributed by atoms with Crippen LogP contribution < -0.4 is 20.4 Å². The number of carbonyl (C=O) groups excluding carboxylic acids is 4. The molecule has 0 amide bonds. The monoisotopic (exact) mass is 1310 g/mol. The first kappa shape index (κ1) is 88.5. The van der Waals surface area contributed by atoms with Gasteiger partial charge >= 0.3 is 25.8 Å². The number of carboxylic acid groups (broad SMARTS) is 4. The van der Waals surface area contributed by atoms with Crippen LogP contribution >= 0.6 is 0 Å². The summed E-state index contributed by atoms with van der Waals surface area (Å²) in [7, 11) is 0. The molecule has 0 spiro atoms. The molecule has 480 valence electrons. The predicted molar refractivity (Wildman–Crippen MR) is 338 cm³/mol. The van der Waals surface area contributed by atoms with Gasteiger partial charge in [0.15, 0.2) is 0 Å². The molecule has 0 saturated carbocycles. The van der Waals surface area contributed by atoms with E-state index >= 15 is 0 Å². The maximum Gasteiger partial charge on any atom is 4.00 e. The first-order valence-electron chi connectivity index (χ1n) is 35.9. The average Bonchev–Trinajstić information content (AvgIpc) is 3.43. The molecule has 0 heterocycles. The smallest absolute Gasteiger partial charge is 0.550 e. The molecule has 0 radical (unpaired) electrons. The molecular formula is C72H140HfO8. The van der Waals surface area contributed by atoms with Crippen LogP contribution in [0.1, 0.15) is 439 Å². The summed E-state index contributed by atoms with van der Waals surface area (Å²) < 4.78 is 0. The number of unbranched alkanes of at least 4 members (excludes halogenated alkanes) is 56. The van der Waals surface area contributed by atoms with Crippen LogP contribution in [0, 0.1) is 0 Å². The minimum absolute atomic E-state index is 0. The van der Waals surface area contributed by atoms with Crippen LogP contribution in [0.5, 0.6) is 0 Å². The Kier molecular flexibility index (Phi) is 93.1. The van der Waals surface area contributed by atoms with E-state index in [1.165, 1.54) is 334 Å². The van der Waals surface area contributed by atoms with Crippen LogP contribution in [-0.4, -0.2) is 23.9 Å². The molecule has 8 nitrogen and oxygen atoms in total. The summed E-state index contributed by atoms with van der Waals surface area (Å²) in [5.41, 5.74) is 0. The quantitative estimate of drug-likeness (QED) is 0.0430. The Balaban J connectivity index is -0.000000316. The third kappa shape index (κ3) is 104. The molecule has 0 aliphatic heterocycles. The van der Waals surface area contributed by atoms with E-state index in [0.29, 0.717) is 0 Å². The molecule has 0 saturated heterocycles. The molecule has 0 atom stereocenters. The second-order valence-electron chi connectivity index (χ2n) is 24.3. The van der Waals surface area contributed by atoms with Crippen molar-refractivity contribution < 1.29 is 65.4 Å². The van der Waals surface area contributed by atoms with Gasteiger partial charge in [-0.05, 0) is 51.4 Å². The summed E-state index contributed by atoms with van der Waals surface area (Å²) in [5, 5.41) is 40.9. The minimum atomic E-state index is -0.903. The molecular weight excluding hydrogens is 1170 g/mol. The summed E-state index contributed by atoms with van der Waals surface area (Å²) in [5.74, 6) is -3.61. The third-order valence-corrected chi connectivity index (χ3v) is 15.9. The number of aliphatic carboxylic acids is 4. The molecule has 0 aromatic rings. The van der Waals surface area contributed by atoms with Gasteiger partial charge in [-0.1, -0.05) is 387 Å². The van der Waals surface area contributed by atoms with Crippen molar-refractivity contribution in [2.24, 2.45) is 0 Å². The van der Waals surface area contributed by atoms with Crippen molar-refractivity contribution in [1.29, 1.82) is 0 Å². The zero-order chi connectivity index (χ0) is 59.6. The van der Waals surface area contributed by atoms with Crippen LogP contribution in [0.3, 0.4) is 0 Å². The summed E-state index contributed by atoms with van der Waals surface area (Å²) in [6.07, 6.45) is 79.4. The first-order valence-corrected chi connectivity index (χ1v) is 35.9.